The predicted molar refractivity (Wildman–Crippen MR) is 74.1 cm³/mol. The van der Waals surface area contributed by atoms with E-state index >= 15 is 0 Å². The van der Waals surface area contributed by atoms with Crippen LogP contribution in [0, 0.1) is 0 Å². The van der Waals surface area contributed by atoms with Crippen LogP contribution in [0.3, 0.4) is 0 Å². The summed E-state index contributed by atoms with van der Waals surface area (Å²) in [6, 6.07) is 8.12. The molecule has 2 rings (SSSR count). The first-order chi connectivity index (χ1) is 7.66. The van der Waals surface area contributed by atoms with E-state index < -0.39 is 0 Å². The molecule has 0 aliphatic heterocycles. The predicted octanol–water partition coefficient (Wildman–Crippen LogP) is 2.33. The molecule has 0 spiro atoms. The van der Waals surface area contributed by atoms with Crippen molar-refractivity contribution in [3.05, 3.63) is 34.3 Å². The minimum Gasteiger partial charge on any atom is -0.345 e. The van der Waals surface area contributed by atoms with E-state index in [1.165, 1.54) is 5.56 Å². The zero-order chi connectivity index (χ0) is 11.6. The number of nitrogens with two attached hydrogens (primary N) is 1. The normalized spacial score (nSPS) is 16.6. The molecule has 5 heteroatoms. The Morgan fingerprint density at radius 2 is 1.94 bits per heavy atom. The number of benzene rings is 1. The standard InChI is InChI=1S/C12H15BrN2O.ClH/c13-10-4-2-9(3-5-10)12(6-1-7-12)15-11(16)8-14;/h2-5H,1,6-8,14H2,(H,15,16);1H. The summed E-state index contributed by atoms with van der Waals surface area (Å²) >= 11 is 3.41. The molecule has 0 bridgehead atoms. The van der Waals surface area contributed by atoms with Crippen LogP contribution < -0.4 is 11.1 Å². The molecule has 0 saturated heterocycles. The molecule has 94 valence electrons. The number of hydrogen-bond donors (Lipinski definition) is 2. The van der Waals surface area contributed by atoms with Gasteiger partial charge in [-0.3, -0.25) is 4.79 Å². The molecule has 1 amide bonds. The lowest BCUT2D eigenvalue weighted by Gasteiger charge is -2.43. The summed E-state index contributed by atoms with van der Waals surface area (Å²) in [4.78, 5) is 11.4. The summed E-state index contributed by atoms with van der Waals surface area (Å²) in [5, 5.41) is 3.04. The fraction of sp³-hybridized carbons (Fsp3) is 0.417. The lowest BCUT2D eigenvalue weighted by atomic mass is 9.72. The molecule has 1 aromatic rings. The minimum absolute atomic E-state index is 0. The smallest absolute Gasteiger partial charge is 0.234 e. The van der Waals surface area contributed by atoms with Crippen LogP contribution in [0.2, 0.25) is 0 Å². The fourth-order valence-corrected chi connectivity index (χ4v) is 2.37. The van der Waals surface area contributed by atoms with Crippen molar-refractivity contribution < 1.29 is 4.79 Å². The maximum Gasteiger partial charge on any atom is 0.234 e. The molecule has 0 unspecified atom stereocenters. The largest absolute Gasteiger partial charge is 0.345 e. The Bertz CT molecular complexity index is 390. The number of hydrogen-bond acceptors (Lipinski definition) is 2. The SMILES string of the molecule is Cl.NCC(=O)NC1(c2ccc(Br)cc2)CCC1. The highest BCUT2D eigenvalue weighted by atomic mass is 79.9. The molecule has 3 nitrogen and oxygen atoms in total. The molecule has 1 saturated carbocycles. The average Bonchev–Trinajstić information content (AvgIpc) is 2.24. The van der Waals surface area contributed by atoms with E-state index in [2.05, 4.69) is 33.4 Å². The summed E-state index contributed by atoms with van der Waals surface area (Å²) < 4.78 is 1.05. The van der Waals surface area contributed by atoms with Gasteiger partial charge in [0.15, 0.2) is 0 Å². The number of carbonyl (C=O) groups excluding carboxylic acids is 1. The summed E-state index contributed by atoms with van der Waals surface area (Å²) in [6.07, 6.45) is 3.15. The summed E-state index contributed by atoms with van der Waals surface area (Å²) in [6.45, 7) is 0.0538. The first-order valence-electron chi connectivity index (χ1n) is 5.43. The highest BCUT2D eigenvalue weighted by Crippen LogP contribution is 2.41. The van der Waals surface area contributed by atoms with Gasteiger partial charge in [0.25, 0.3) is 0 Å². The van der Waals surface area contributed by atoms with E-state index in [0.717, 1.165) is 23.7 Å². The van der Waals surface area contributed by atoms with Crippen LogP contribution in [0.15, 0.2) is 28.7 Å². The van der Waals surface area contributed by atoms with Gasteiger partial charge in [-0.1, -0.05) is 28.1 Å². The van der Waals surface area contributed by atoms with Crippen molar-refractivity contribution in [2.24, 2.45) is 5.73 Å². The molecule has 0 radical (unpaired) electrons. The minimum atomic E-state index is -0.169. The van der Waals surface area contributed by atoms with Gasteiger partial charge in [0.2, 0.25) is 5.91 Å². The number of carbonyl (C=O) groups is 1. The summed E-state index contributed by atoms with van der Waals surface area (Å²) in [5.41, 5.74) is 6.34. The van der Waals surface area contributed by atoms with Crippen LogP contribution >= 0.6 is 28.3 Å². The molecule has 0 heterocycles. The van der Waals surface area contributed by atoms with Crippen LogP contribution in [0.4, 0.5) is 0 Å². The molecule has 17 heavy (non-hydrogen) atoms. The average molecular weight is 320 g/mol. The molecular weight excluding hydrogens is 304 g/mol. The van der Waals surface area contributed by atoms with Gasteiger partial charge in [-0.25, -0.2) is 0 Å². The van der Waals surface area contributed by atoms with Crippen LogP contribution in [0.25, 0.3) is 0 Å². The fourth-order valence-electron chi connectivity index (χ4n) is 2.10. The third kappa shape index (κ3) is 3.00. The maximum atomic E-state index is 11.4. The van der Waals surface area contributed by atoms with Crippen molar-refractivity contribution in [2.75, 3.05) is 6.54 Å². The van der Waals surface area contributed by atoms with Crippen LogP contribution in [0.5, 0.6) is 0 Å². The Labute approximate surface area is 116 Å². The highest BCUT2D eigenvalue weighted by Gasteiger charge is 2.39. The van der Waals surface area contributed by atoms with Crippen LogP contribution in [-0.2, 0) is 10.3 Å². The molecule has 1 aliphatic rings. The molecule has 1 aliphatic carbocycles. The van der Waals surface area contributed by atoms with E-state index in [4.69, 9.17) is 5.73 Å². The van der Waals surface area contributed by atoms with Crippen molar-refractivity contribution in [3.63, 3.8) is 0 Å². The van der Waals surface area contributed by atoms with E-state index in [1.807, 2.05) is 12.1 Å². The lowest BCUT2D eigenvalue weighted by Crippen LogP contribution is -2.52. The lowest BCUT2D eigenvalue weighted by molar-refractivity contribution is -0.122. The second-order valence-corrected chi connectivity index (χ2v) is 5.11. The van der Waals surface area contributed by atoms with Gasteiger partial charge in [-0.2, -0.15) is 0 Å². The third-order valence-electron chi connectivity index (χ3n) is 3.17. The second-order valence-electron chi connectivity index (χ2n) is 4.19. The zero-order valence-electron chi connectivity index (χ0n) is 9.41. The van der Waals surface area contributed by atoms with Gasteiger partial charge < -0.3 is 11.1 Å². The van der Waals surface area contributed by atoms with Crippen LogP contribution in [-0.4, -0.2) is 12.5 Å². The van der Waals surface area contributed by atoms with Crippen molar-refractivity contribution in [1.29, 1.82) is 0 Å². The zero-order valence-corrected chi connectivity index (χ0v) is 11.8. The second kappa shape index (κ2) is 5.85. The Kier molecular flexibility index (Phi) is 4.98. The van der Waals surface area contributed by atoms with Gasteiger partial charge in [0.05, 0.1) is 12.1 Å². The number of halogens is 2. The van der Waals surface area contributed by atoms with Gasteiger partial charge in [0, 0.05) is 4.47 Å². The monoisotopic (exact) mass is 318 g/mol. The number of rotatable bonds is 3. The number of nitrogens with one attached hydrogen (secondary N) is 1. The van der Waals surface area contributed by atoms with E-state index in [9.17, 15) is 4.79 Å². The Balaban J connectivity index is 0.00000144. The molecule has 0 aromatic heterocycles. The summed E-state index contributed by atoms with van der Waals surface area (Å²) in [5.74, 6) is -0.0809. The summed E-state index contributed by atoms with van der Waals surface area (Å²) in [7, 11) is 0. The van der Waals surface area contributed by atoms with Gasteiger partial charge in [0.1, 0.15) is 0 Å². The van der Waals surface area contributed by atoms with Crippen molar-refractivity contribution in [2.45, 2.75) is 24.8 Å². The highest BCUT2D eigenvalue weighted by molar-refractivity contribution is 9.10. The molecule has 1 fully saturated rings. The molecule has 1 aromatic carbocycles. The Morgan fingerprint density at radius 3 is 2.35 bits per heavy atom. The molecular formula is C12H16BrClN2O. The van der Waals surface area contributed by atoms with Crippen molar-refractivity contribution >= 4 is 34.2 Å². The topological polar surface area (TPSA) is 55.1 Å². The molecule has 0 atom stereocenters. The molecule has 3 N–H and O–H groups in total. The Hall–Kier alpha value is -0.580. The van der Waals surface area contributed by atoms with Crippen molar-refractivity contribution in [1.82, 2.24) is 5.32 Å². The van der Waals surface area contributed by atoms with E-state index in [1.54, 1.807) is 0 Å². The third-order valence-corrected chi connectivity index (χ3v) is 3.70. The maximum absolute atomic E-state index is 11.4. The quantitative estimate of drug-likeness (QED) is 0.898. The Morgan fingerprint density at radius 1 is 1.35 bits per heavy atom. The van der Waals surface area contributed by atoms with Gasteiger partial charge in [-0.05, 0) is 37.0 Å². The number of amides is 1. The van der Waals surface area contributed by atoms with E-state index in [0.29, 0.717) is 0 Å². The van der Waals surface area contributed by atoms with Gasteiger partial charge >= 0.3 is 0 Å². The first kappa shape index (κ1) is 14.5. The van der Waals surface area contributed by atoms with E-state index in [-0.39, 0.29) is 30.4 Å². The first-order valence-corrected chi connectivity index (χ1v) is 6.23. The van der Waals surface area contributed by atoms with Gasteiger partial charge in [-0.15, -0.1) is 12.4 Å². The van der Waals surface area contributed by atoms with Crippen molar-refractivity contribution in [3.8, 4) is 0 Å². The van der Waals surface area contributed by atoms with Crippen LogP contribution in [0.1, 0.15) is 24.8 Å².